The third-order valence-corrected chi connectivity index (χ3v) is 3.15. The van der Waals surface area contributed by atoms with Crippen LogP contribution in [0.25, 0.3) is 0 Å². The summed E-state index contributed by atoms with van der Waals surface area (Å²) in [6.45, 7) is 3.67. The fraction of sp³-hybridized carbons (Fsp3) is 0.538. The van der Waals surface area contributed by atoms with Crippen molar-refractivity contribution in [3.63, 3.8) is 0 Å². The monoisotopic (exact) mass is 255 g/mol. The number of aliphatic hydroxyl groups is 1. The lowest BCUT2D eigenvalue weighted by Crippen LogP contribution is -2.51. The molecule has 0 aromatic heterocycles. The summed E-state index contributed by atoms with van der Waals surface area (Å²) in [7, 11) is 2.06. The Morgan fingerprint density at radius 2 is 2.24 bits per heavy atom. The summed E-state index contributed by atoms with van der Waals surface area (Å²) in [5.74, 6) is 0.735. The number of benzene rings is 1. The molecule has 2 rings (SSSR count). The van der Waals surface area contributed by atoms with Gasteiger partial charge in [-0.1, -0.05) is 17.7 Å². The van der Waals surface area contributed by atoms with Gasteiger partial charge in [0.1, 0.15) is 11.9 Å². The molecule has 1 aromatic rings. The van der Waals surface area contributed by atoms with Gasteiger partial charge in [-0.2, -0.15) is 0 Å². The fourth-order valence-corrected chi connectivity index (χ4v) is 2.25. The van der Waals surface area contributed by atoms with Crippen LogP contribution < -0.4 is 4.74 Å². The largest absolute Gasteiger partial charge is 0.486 e. The van der Waals surface area contributed by atoms with Crippen molar-refractivity contribution < 1.29 is 9.84 Å². The zero-order valence-corrected chi connectivity index (χ0v) is 10.9. The number of halogens is 1. The molecule has 0 spiro atoms. The maximum Gasteiger partial charge on any atom is 0.138 e. The smallest absolute Gasteiger partial charge is 0.138 e. The zero-order valence-electron chi connectivity index (χ0n) is 10.2. The predicted molar refractivity (Wildman–Crippen MR) is 68.7 cm³/mol. The van der Waals surface area contributed by atoms with Crippen molar-refractivity contribution in [1.82, 2.24) is 4.90 Å². The molecule has 0 aliphatic carbocycles. The molecule has 1 fully saturated rings. The maximum atomic E-state index is 9.31. The van der Waals surface area contributed by atoms with Crippen molar-refractivity contribution in [2.75, 3.05) is 20.1 Å². The van der Waals surface area contributed by atoms with Crippen molar-refractivity contribution in [2.45, 2.75) is 25.6 Å². The van der Waals surface area contributed by atoms with E-state index in [9.17, 15) is 5.11 Å². The number of hydrogen-bond acceptors (Lipinski definition) is 3. The van der Waals surface area contributed by atoms with Crippen molar-refractivity contribution in [3.05, 3.63) is 28.8 Å². The Morgan fingerprint density at radius 3 is 2.76 bits per heavy atom. The first-order valence-electron chi connectivity index (χ1n) is 5.86. The Labute approximate surface area is 107 Å². The van der Waals surface area contributed by atoms with Crippen LogP contribution in [0.2, 0.25) is 5.02 Å². The minimum Gasteiger partial charge on any atom is -0.486 e. The number of likely N-dealkylation sites (N-methyl/N-ethyl adjacent to an activating group) is 1. The number of ether oxygens (including phenoxy) is 1. The molecule has 17 heavy (non-hydrogen) atoms. The minimum atomic E-state index is -0.349. The summed E-state index contributed by atoms with van der Waals surface area (Å²) in [4.78, 5) is 2.19. The van der Waals surface area contributed by atoms with Crippen molar-refractivity contribution in [1.29, 1.82) is 0 Å². The lowest BCUT2D eigenvalue weighted by atomic mass is 10.1. The van der Waals surface area contributed by atoms with Crippen LogP contribution in [0, 0.1) is 0 Å². The Hall–Kier alpha value is -0.770. The number of aliphatic hydroxyl groups excluding tert-OH is 1. The van der Waals surface area contributed by atoms with E-state index in [4.69, 9.17) is 16.3 Å². The van der Waals surface area contributed by atoms with Gasteiger partial charge in [0.15, 0.2) is 0 Å². The number of likely N-dealkylation sites (tertiary alicyclic amines) is 1. The molecule has 0 amide bonds. The normalized spacial score (nSPS) is 18.8. The number of rotatable bonds is 4. The number of nitrogens with zero attached hydrogens (tertiary/aromatic N) is 1. The van der Waals surface area contributed by atoms with Crippen LogP contribution in [0.1, 0.15) is 12.5 Å². The molecule has 1 aliphatic heterocycles. The lowest BCUT2D eigenvalue weighted by molar-refractivity contribution is 0.0389. The molecule has 0 bridgehead atoms. The van der Waals surface area contributed by atoms with Gasteiger partial charge >= 0.3 is 0 Å². The molecule has 94 valence electrons. The highest BCUT2D eigenvalue weighted by Gasteiger charge is 2.25. The van der Waals surface area contributed by atoms with Crippen molar-refractivity contribution in [2.24, 2.45) is 0 Å². The summed E-state index contributed by atoms with van der Waals surface area (Å²) in [5.41, 5.74) is 1.03. The van der Waals surface area contributed by atoms with E-state index in [0.29, 0.717) is 11.4 Å². The maximum absolute atomic E-state index is 9.31. The van der Waals surface area contributed by atoms with Crippen LogP contribution in [0.4, 0.5) is 0 Å². The van der Waals surface area contributed by atoms with Gasteiger partial charge in [-0.25, -0.2) is 0 Å². The fourth-order valence-electron chi connectivity index (χ4n) is 2.00. The Balaban J connectivity index is 1.99. The van der Waals surface area contributed by atoms with E-state index in [1.165, 1.54) is 0 Å². The van der Waals surface area contributed by atoms with Crippen LogP contribution in [-0.4, -0.2) is 42.4 Å². The van der Waals surface area contributed by atoms with Crippen LogP contribution in [0.3, 0.4) is 0 Å². The first-order valence-corrected chi connectivity index (χ1v) is 6.24. The van der Waals surface area contributed by atoms with E-state index in [1.54, 1.807) is 6.92 Å². The lowest BCUT2D eigenvalue weighted by Gasteiger charge is -2.36. The average molecular weight is 256 g/mol. The van der Waals surface area contributed by atoms with Gasteiger partial charge in [0.05, 0.1) is 11.1 Å². The molecule has 1 unspecified atom stereocenters. The van der Waals surface area contributed by atoms with Crippen molar-refractivity contribution in [3.8, 4) is 5.75 Å². The summed E-state index contributed by atoms with van der Waals surface area (Å²) in [6.07, 6.45) is 0.518. The first-order chi connectivity index (χ1) is 8.04. The summed E-state index contributed by atoms with van der Waals surface area (Å²) >= 11 is 6.15. The second-order valence-electron chi connectivity index (χ2n) is 4.78. The third-order valence-electron chi connectivity index (χ3n) is 2.85. The molecule has 1 heterocycles. The predicted octanol–water partition coefficient (Wildman–Crippen LogP) is 1.96. The second kappa shape index (κ2) is 5.25. The Bertz CT molecular complexity index is 389. The second-order valence-corrected chi connectivity index (χ2v) is 5.19. The zero-order chi connectivity index (χ0) is 12.4. The quantitative estimate of drug-likeness (QED) is 0.893. The van der Waals surface area contributed by atoms with Crippen LogP contribution in [0.5, 0.6) is 5.75 Å². The molecule has 3 nitrogen and oxygen atoms in total. The topological polar surface area (TPSA) is 32.7 Å². The average Bonchev–Trinajstić information content (AvgIpc) is 2.18. The van der Waals surface area contributed by atoms with Gasteiger partial charge in [0, 0.05) is 13.1 Å². The van der Waals surface area contributed by atoms with Gasteiger partial charge in [-0.05, 0) is 38.1 Å². The van der Waals surface area contributed by atoms with Gasteiger partial charge in [0.2, 0.25) is 0 Å². The van der Waals surface area contributed by atoms with E-state index < -0.39 is 0 Å². The highest BCUT2D eigenvalue weighted by molar-refractivity contribution is 6.32. The molecular formula is C13H18ClNO2. The van der Waals surface area contributed by atoms with Gasteiger partial charge in [-0.15, -0.1) is 0 Å². The van der Waals surface area contributed by atoms with Crippen molar-refractivity contribution >= 4 is 11.6 Å². The highest BCUT2D eigenvalue weighted by atomic mass is 35.5. The van der Waals surface area contributed by atoms with Gasteiger partial charge in [-0.3, -0.25) is 4.90 Å². The molecule has 1 aromatic carbocycles. The van der Waals surface area contributed by atoms with Crippen LogP contribution in [0.15, 0.2) is 18.2 Å². The summed E-state index contributed by atoms with van der Waals surface area (Å²) < 4.78 is 5.78. The standard InChI is InChI=1S/C13H18ClNO2/c1-9(16)5-10-3-4-13(12(14)6-10)17-11-7-15(2)8-11/h3-4,6,9,11,16H,5,7-8H2,1-2H3. The molecule has 1 aliphatic rings. The molecule has 0 radical (unpaired) electrons. The summed E-state index contributed by atoms with van der Waals surface area (Å²) in [6, 6.07) is 5.71. The molecule has 1 N–H and O–H groups in total. The van der Waals surface area contributed by atoms with E-state index in [2.05, 4.69) is 11.9 Å². The highest BCUT2D eigenvalue weighted by Crippen LogP contribution is 2.28. The van der Waals surface area contributed by atoms with E-state index >= 15 is 0 Å². The van der Waals surface area contributed by atoms with E-state index in [1.807, 2.05) is 18.2 Å². The van der Waals surface area contributed by atoms with Gasteiger partial charge in [0.25, 0.3) is 0 Å². The van der Waals surface area contributed by atoms with E-state index in [-0.39, 0.29) is 12.2 Å². The molecule has 1 atom stereocenters. The van der Waals surface area contributed by atoms with E-state index in [0.717, 1.165) is 24.4 Å². The Kier molecular flexibility index (Phi) is 3.92. The third kappa shape index (κ3) is 3.35. The number of hydrogen-bond donors (Lipinski definition) is 1. The van der Waals surface area contributed by atoms with Gasteiger partial charge < -0.3 is 9.84 Å². The summed E-state index contributed by atoms with van der Waals surface area (Å²) in [5, 5.41) is 9.93. The van der Waals surface area contributed by atoms with Crippen LogP contribution >= 0.6 is 11.6 Å². The first kappa shape index (κ1) is 12.7. The SMILES string of the molecule is CC(O)Cc1ccc(OC2CN(C)C2)c(Cl)c1. The molecule has 4 heteroatoms. The van der Waals surface area contributed by atoms with Crippen LogP contribution in [-0.2, 0) is 6.42 Å². The minimum absolute atomic E-state index is 0.250. The molecular weight excluding hydrogens is 238 g/mol. The molecule has 0 saturated carbocycles. The Morgan fingerprint density at radius 1 is 1.53 bits per heavy atom. The molecule has 1 saturated heterocycles.